The van der Waals surface area contributed by atoms with Gasteiger partial charge in [0.1, 0.15) is 12.4 Å². The maximum Gasteiger partial charge on any atom is 0.120 e. The van der Waals surface area contributed by atoms with Crippen molar-refractivity contribution in [2.24, 2.45) is 0 Å². The quantitative estimate of drug-likeness (QED) is 0.835. The molecule has 2 heterocycles. The summed E-state index contributed by atoms with van der Waals surface area (Å²) in [4.78, 5) is 2.66. The van der Waals surface area contributed by atoms with E-state index < -0.39 is 0 Å². The first-order chi connectivity index (χ1) is 9.83. The summed E-state index contributed by atoms with van der Waals surface area (Å²) in [6.45, 7) is 4.24. The van der Waals surface area contributed by atoms with Crippen molar-refractivity contribution < 1.29 is 4.74 Å². The third-order valence-electron chi connectivity index (χ3n) is 4.43. The number of piperidine rings is 1. The molecule has 0 amide bonds. The lowest BCUT2D eigenvalue weighted by molar-refractivity contribution is 0.178. The number of nitrogens with zero attached hydrogens (tertiary/aromatic N) is 1. The summed E-state index contributed by atoms with van der Waals surface area (Å²) in [5, 5.41) is 3.69. The normalized spacial score (nSPS) is 26.4. The molecule has 4 heteroatoms. The Morgan fingerprint density at radius 3 is 3.10 bits per heavy atom. The maximum atomic E-state index is 5.78. The average Bonchev–Trinajstić information content (AvgIpc) is 2.87. The zero-order valence-corrected chi connectivity index (χ0v) is 13.4. The van der Waals surface area contributed by atoms with Gasteiger partial charge in [-0.25, -0.2) is 0 Å². The number of fused-ring (bicyclic) bond motifs is 1. The fourth-order valence-electron chi connectivity index (χ4n) is 3.46. The lowest BCUT2D eigenvalue weighted by Gasteiger charge is -2.32. The highest BCUT2D eigenvalue weighted by Gasteiger charge is 2.34. The summed E-state index contributed by atoms with van der Waals surface area (Å²) in [6, 6.07) is 9.48. The van der Waals surface area contributed by atoms with Crippen LogP contribution in [0.2, 0.25) is 0 Å². The van der Waals surface area contributed by atoms with E-state index in [4.69, 9.17) is 4.74 Å². The van der Waals surface area contributed by atoms with Crippen molar-refractivity contribution in [2.75, 3.05) is 26.2 Å². The van der Waals surface area contributed by atoms with Crippen LogP contribution in [0.1, 0.15) is 25.7 Å². The highest BCUT2D eigenvalue weighted by atomic mass is 79.9. The third kappa shape index (κ3) is 3.54. The Kier molecular flexibility index (Phi) is 4.97. The minimum atomic E-state index is 0.668. The first-order valence-electron chi connectivity index (χ1n) is 7.69. The van der Waals surface area contributed by atoms with Crippen LogP contribution in [0, 0.1) is 0 Å². The molecule has 2 fully saturated rings. The molecule has 1 aromatic carbocycles. The van der Waals surface area contributed by atoms with E-state index in [-0.39, 0.29) is 0 Å². The van der Waals surface area contributed by atoms with Gasteiger partial charge in [0.15, 0.2) is 0 Å². The highest BCUT2D eigenvalue weighted by Crippen LogP contribution is 2.27. The lowest BCUT2D eigenvalue weighted by atomic mass is 9.99. The molecule has 3 nitrogen and oxygen atoms in total. The molecule has 2 unspecified atom stereocenters. The number of nitrogens with one attached hydrogen (secondary N) is 1. The van der Waals surface area contributed by atoms with Crippen molar-refractivity contribution in [1.29, 1.82) is 0 Å². The smallest absolute Gasteiger partial charge is 0.120 e. The number of halogens is 1. The van der Waals surface area contributed by atoms with E-state index in [1.54, 1.807) is 0 Å². The summed E-state index contributed by atoms with van der Waals surface area (Å²) >= 11 is 3.46. The van der Waals surface area contributed by atoms with Crippen LogP contribution in [0.25, 0.3) is 0 Å². The maximum absolute atomic E-state index is 5.78. The minimum Gasteiger partial charge on any atom is -0.492 e. The average molecular weight is 339 g/mol. The zero-order valence-electron chi connectivity index (χ0n) is 11.9. The minimum absolute atomic E-state index is 0.668. The van der Waals surface area contributed by atoms with E-state index in [9.17, 15) is 0 Å². The molecule has 2 atom stereocenters. The fourth-order valence-corrected chi connectivity index (χ4v) is 3.83. The third-order valence-corrected chi connectivity index (χ3v) is 4.92. The Morgan fingerprint density at radius 1 is 1.25 bits per heavy atom. The van der Waals surface area contributed by atoms with Gasteiger partial charge in [-0.1, -0.05) is 28.4 Å². The monoisotopic (exact) mass is 338 g/mol. The van der Waals surface area contributed by atoms with Crippen molar-refractivity contribution in [3.05, 3.63) is 28.7 Å². The zero-order chi connectivity index (χ0) is 13.8. The summed E-state index contributed by atoms with van der Waals surface area (Å²) in [6.07, 6.45) is 5.44. The van der Waals surface area contributed by atoms with Crippen molar-refractivity contribution in [1.82, 2.24) is 10.2 Å². The van der Waals surface area contributed by atoms with E-state index in [1.165, 1.54) is 38.8 Å². The number of rotatable bonds is 5. The van der Waals surface area contributed by atoms with Gasteiger partial charge in [0.05, 0.1) is 0 Å². The number of ether oxygens (including phenoxy) is 1. The van der Waals surface area contributed by atoms with Gasteiger partial charge in [-0.2, -0.15) is 0 Å². The Hall–Kier alpha value is -0.580. The van der Waals surface area contributed by atoms with Gasteiger partial charge < -0.3 is 10.1 Å². The second-order valence-electron chi connectivity index (χ2n) is 5.75. The standard InChI is InChI=1S/C16H23BrN2O/c17-13-4-3-5-14(12-13)20-11-8-18-15-7-10-19-9-2-1-6-16(15)19/h3-5,12,15-16,18H,1-2,6-11H2. The van der Waals surface area contributed by atoms with Crippen LogP contribution < -0.4 is 10.1 Å². The van der Waals surface area contributed by atoms with Crippen molar-refractivity contribution in [3.63, 3.8) is 0 Å². The van der Waals surface area contributed by atoms with Crippen LogP contribution in [0.5, 0.6) is 5.75 Å². The van der Waals surface area contributed by atoms with E-state index in [0.717, 1.165) is 29.4 Å². The van der Waals surface area contributed by atoms with E-state index in [2.05, 4.69) is 26.1 Å². The summed E-state index contributed by atoms with van der Waals surface area (Å²) < 4.78 is 6.84. The molecule has 0 spiro atoms. The van der Waals surface area contributed by atoms with Gasteiger partial charge in [0.2, 0.25) is 0 Å². The van der Waals surface area contributed by atoms with Crippen LogP contribution in [0.4, 0.5) is 0 Å². The first kappa shape index (κ1) is 14.4. The van der Waals surface area contributed by atoms with E-state index in [1.807, 2.05) is 24.3 Å². The second-order valence-corrected chi connectivity index (χ2v) is 6.67. The summed E-state index contributed by atoms with van der Waals surface area (Å²) in [5.41, 5.74) is 0. The van der Waals surface area contributed by atoms with Gasteiger partial charge in [-0.05, 0) is 44.0 Å². The Morgan fingerprint density at radius 2 is 2.20 bits per heavy atom. The molecule has 0 saturated carbocycles. The summed E-state index contributed by atoms with van der Waals surface area (Å²) in [7, 11) is 0. The molecule has 1 N–H and O–H groups in total. The number of hydrogen-bond donors (Lipinski definition) is 1. The predicted molar refractivity (Wildman–Crippen MR) is 85.3 cm³/mol. The predicted octanol–water partition coefficient (Wildman–Crippen LogP) is 3.04. The van der Waals surface area contributed by atoms with Gasteiger partial charge >= 0.3 is 0 Å². The topological polar surface area (TPSA) is 24.5 Å². The molecular weight excluding hydrogens is 316 g/mol. The molecule has 0 bridgehead atoms. The molecule has 1 aromatic rings. The molecule has 3 rings (SSSR count). The molecule has 2 saturated heterocycles. The van der Waals surface area contributed by atoms with E-state index in [0.29, 0.717) is 6.04 Å². The van der Waals surface area contributed by atoms with Gasteiger partial charge in [-0.15, -0.1) is 0 Å². The molecule has 0 radical (unpaired) electrons. The molecule has 110 valence electrons. The Bertz CT molecular complexity index is 440. The van der Waals surface area contributed by atoms with Gasteiger partial charge in [0.25, 0.3) is 0 Å². The van der Waals surface area contributed by atoms with Crippen molar-refractivity contribution in [3.8, 4) is 5.75 Å². The SMILES string of the molecule is Brc1cccc(OCCNC2CCN3CCCCC23)c1. The molecular formula is C16H23BrN2O. The van der Waals surface area contributed by atoms with Gasteiger partial charge in [-0.3, -0.25) is 4.90 Å². The molecule has 0 aliphatic carbocycles. The molecule has 20 heavy (non-hydrogen) atoms. The Balaban J connectivity index is 1.40. The molecule has 2 aliphatic heterocycles. The first-order valence-corrected chi connectivity index (χ1v) is 8.48. The van der Waals surface area contributed by atoms with Crippen LogP contribution >= 0.6 is 15.9 Å². The van der Waals surface area contributed by atoms with E-state index >= 15 is 0 Å². The Labute approximate surface area is 129 Å². The molecule has 0 aromatic heterocycles. The lowest BCUT2D eigenvalue weighted by Crippen LogP contribution is -2.45. The van der Waals surface area contributed by atoms with Crippen LogP contribution in [-0.4, -0.2) is 43.2 Å². The van der Waals surface area contributed by atoms with Crippen LogP contribution in [0.3, 0.4) is 0 Å². The second kappa shape index (κ2) is 6.92. The highest BCUT2D eigenvalue weighted by molar-refractivity contribution is 9.10. The number of benzene rings is 1. The largest absolute Gasteiger partial charge is 0.492 e. The molecule has 2 aliphatic rings. The van der Waals surface area contributed by atoms with Crippen molar-refractivity contribution in [2.45, 2.75) is 37.8 Å². The van der Waals surface area contributed by atoms with Gasteiger partial charge in [0, 0.05) is 29.6 Å². The number of hydrogen-bond acceptors (Lipinski definition) is 3. The van der Waals surface area contributed by atoms with Crippen LogP contribution in [-0.2, 0) is 0 Å². The van der Waals surface area contributed by atoms with Crippen molar-refractivity contribution >= 4 is 15.9 Å². The van der Waals surface area contributed by atoms with Crippen LogP contribution in [0.15, 0.2) is 28.7 Å². The fraction of sp³-hybridized carbons (Fsp3) is 0.625. The summed E-state index contributed by atoms with van der Waals surface area (Å²) in [5.74, 6) is 0.937.